The number of ether oxygens (including phenoxy) is 1. The number of amides is 3. The number of anilines is 2. The second-order valence-electron chi connectivity index (χ2n) is 8.80. The van der Waals surface area contributed by atoms with Crippen LogP contribution in [-0.4, -0.2) is 42.9 Å². The van der Waals surface area contributed by atoms with Gasteiger partial charge in [-0.2, -0.15) is 0 Å². The number of methoxy groups -OCH3 is 1. The highest BCUT2D eigenvalue weighted by Gasteiger charge is 2.39. The molecule has 3 aromatic carbocycles. The number of hydrogen-bond acceptors (Lipinski definition) is 6. The third kappa shape index (κ3) is 6.27. The highest BCUT2D eigenvalue weighted by atomic mass is 35.5. The van der Waals surface area contributed by atoms with Gasteiger partial charge < -0.3 is 15.4 Å². The van der Waals surface area contributed by atoms with Crippen LogP contribution in [0.15, 0.2) is 82.2 Å². The first-order chi connectivity index (χ1) is 18.3. The van der Waals surface area contributed by atoms with Crippen molar-refractivity contribution in [3.8, 4) is 0 Å². The summed E-state index contributed by atoms with van der Waals surface area (Å²) in [5.74, 6) is -1.09. The monoisotopic (exact) mass is 549 g/mol. The van der Waals surface area contributed by atoms with Gasteiger partial charge in [0.05, 0.1) is 10.6 Å². The van der Waals surface area contributed by atoms with Crippen molar-refractivity contribution in [2.24, 2.45) is 0 Å². The maximum Gasteiger partial charge on any atom is 0.278 e. The van der Waals surface area contributed by atoms with Crippen molar-refractivity contribution in [3.05, 3.63) is 99.0 Å². The molecule has 0 aliphatic carbocycles. The molecule has 0 atom stereocenters. The fraction of sp³-hybridized carbons (Fsp3) is 0.207. The van der Waals surface area contributed by atoms with E-state index in [0.717, 1.165) is 16.8 Å². The van der Waals surface area contributed by atoms with E-state index < -0.39 is 0 Å². The zero-order valence-corrected chi connectivity index (χ0v) is 22.9. The Morgan fingerprint density at radius 1 is 0.947 bits per heavy atom. The Hall–Kier alpha value is -3.59. The molecule has 0 bridgehead atoms. The van der Waals surface area contributed by atoms with Gasteiger partial charge in [-0.05, 0) is 73.9 Å². The maximum absolute atomic E-state index is 13.4. The third-order valence-electron chi connectivity index (χ3n) is 6.06. The van der Waals surface area contributed by atoms with Gasteiger partial charge >= 0.3 is 0 Å². The van der Waals surface area contributed by atoms with Crippen molar-refractivity contribution >= 4 is 52.5 Å². The van der Waals surface area contributed by atoms with Gasteiger partial charge in [-0.15, -0.1) is 0 Å². The molecule has 9 heteroatoms. The lowest BCUT2D eigenvalue weighted by Crippen LogP contribution is -2.33. The van der Waals surface area contributed by atoms with Crippen LogP contribution in [0, 0.1) is 13.8 Å². The van der Waals surface area contributed by atoms with Crippen LogP contribution in [0.4, 0.5) is 11.4 Å². The summed E-state index contributed by atoms with van der Waals surface area (Å²) in [5.41, 5.74) is 4.05. The lowest BCUT2D eigenvalue weighted by Gasteiger charge is -2.15. The average molecular weight is 550 g/mol. The number of halogens is 1. The molecule has 7 nitrogen and oxygen atoms in total. The Kier molecular flexibility index (Phi) is 8.89. The lowest BCUT2D eigenvalue weighted by molar-refractivity contribution is -0.137. The van der Waals surface area contributed by atoms with E-state index in [-0.39, 0.29) is 30.0 Å². The fourth-order valence-electron chi connectivity index (χ4n) is 3.89. The second-order valence-corrected chi connectivity index (χ2v) is 10.3. The van der Waals surface area contributed by atoms with Gasteiger partial charge in [0.1, 0.15) is 10.6 Å². The highest BCUT2D eigenvalue weighted by molar-refractivity contribution is 8.04. The summed E-state index contributed by atoms with van der Waals surface area (Å²) in [7, 11) is 1.58. The SMILES string of the molecule is COCCCN1C(=O)C(Nc2ccc(C)c(C)c2)=C(Sc2cccc(NC(=O)c3ccccc3Cl)c2)C1=O. The van der Waals surface area contributed by atoms with E-state index in [1.807, 2.05) is 38.1 Å². The summed E-state index contributed by atoms with van der Waals surface area (Å²) in [6, 6.07) is 19.7. The van der Waals surface area contributed by atoms with Crippen molar-refractivity contribution in [3.63, 3.8) is 0 Å². The summed E-state index contributed by atoms with van der Waals surface area (Å²) in [6.45, 7) is 4.69. The van der Waals surface area contributed by atoms with Gasteiger partial charge in [0.25, 0.3) is 17.7 Å². The van der Waals surface area contributed by atoms with Crippen LogP contribution in [0.1, 0.15) is 27.9 Å². The summed E-state index contributed by atoms with van der Waals surface area (Å²) >= 11 is 7.34. The summed E-state index contributed by atoms with van der Waals surface area (Å²) in [5, 5.41) is 6.38. The predicted octanol–water partition coefficient (Wildman–Crippen LogP) is 6.03. The number of carbonyl (C=O) groups is 3. The molecule has 1 aliphatic rings. The van der Waals surface area contributed by atoms with Crippen LogP contribution >= 0.6 is 23.4 Å². The quantitative estimate of drug-likeness (QED) is 0.237. The minimum Gasteiger partial charge on any atom is -0.385 e. The molecule has 196 valence electrons. The Bertz CT molecular complexity index is 1420. The number of imide groups is 1. The molecule has 0 saturated heterocycles. The normalized spacial score (nSPS) is 13.3. The molecule has 0 fully saturated rings. The smallest absolute Gasteiger partial charge is 0.278 e. The highest BCUT2D eigenvalue weighted by Crippen LogP contribution is 2.37. The van der Waals surface area contributed by atoms with Crippen LogP contribution in [0.5, 0.6) is 0 Å². The molecule has 3 amide bonds. The van der Waals surface area contributed by atoms with Gasteiger partial charge in [-0.1, -0.05) is 47.6 Å². The molecule has 4 rings (SSSR count). The van der Waals surface area contributed by atoms with Gasteiger partial charge in [-0.3, -0.25) is 19.3 Å². The van der Waals surface area contributed by atoms with Crippen LogP contribution in [0.3, 0.4) is 0 Å². The minimum absolute atomic E-state index is 0.228. The summed E-state index contributed by atoms with van der Waals surface area (Å²) in [4.78, 5) is 41.7. The number of nitrogens with zero attached hydrogens (tertiary/aromatic N) is 1. The van der Waals surface area contributed by atoms with Gasteiger partial charge in [0.15, 0.2) is 0 Å². The van der Waals surface area contributed by atoms with Crippen molar-refractivity contribution in [2.75, 3.05) is 30.9 Å². The molecule has 0 saturated carbocycles. The zero-order valence-electron chi connectivity index (χ0n) is 21.3. The molecule has 1 aliphatic heterocycles. The number of benzene rings is 3. The fourth-order valence-corrected chi connectivity index (χ4v) is 5.12. The minimum atomic E-state index is -0.380. The van der Waals surface area contributed by atoms with E-state index in [2.05, 4.69) is 10.6 Å². The van der Waals surface area contributed by atoms with Crippen LogP contribution in [0.25, 0.3) is 0 Å². The first kappa shape index (κ1) is 27.4. The van der Waals surface area contributed by atoms with E-state index in [1.165, 1.54) is 16.7 Å². The largest absolute Gasteiger partial charge is 0.385 e. The molecule has 0 unspecified atom stereocenters. The Morgan fingerprint density at radius 2 is 1.74 bits per heavy atom. The second kappa shape index (κ2) is 12.3. The van der Waals surface area contributed by atoms with Crippen molar-refractivity contribution < 1.29 is 19.1 Å². The standard InChI is InChI=1S/C29H28ClN3O4S/c1-18-12-13-21(16-19(18)2)31-25-26(29(36)33(28(25)35)14-7-15-37-3)38-22-9-6-8-20(17-22)32-27(34)23-10-4-5-11-24(23)30/h4-6,8-13,16-17,31H,7,14-15H2,1-3H3,(H,32,34). The summed E-state index contributed by atoms with van der Waals surface area (Å²) in [6.07, 6.45) is 0.534. The number of thioether (sulfide) groups is 1. The van der Waals surface area contributed by atoms with Gasteiger partial charge in [0, 0.05) is 36.5 Å². The molecular formula is C29H28ClN3O4S. The van der Waals surface area contributed by atoms with E-state index in [0.29, 0.717) is 39.1 Å². The Labute approximate surface area is 231 Å². The zero-order chi connectivity index (χ0) is 27.2. The first-order valence-electron chi connectivity index (χ1n) is 12.1. The molecule has 0 radical (unpaired) electrons. The average Bonchev–Trinajstić information content (AvgIpc) is 3.10. The Balaban J connectivity index is 1.61. The van der Waals surface area contributed by atoms with Crippen LogP contribution in [0.2, 0.25) is 5.02 Å². The van der Waals surface area contributed by atoms with E-state index >= 15 is 0 Å². The molecule has 0 aromatic heterocycles. The molecule has 38 heavy (non-hydrogen) atoms. The number of carbonyl (C=O) groups excluding carboxylic acids is 3. The number of nitrogens with one attached hydrogen (secondary N) is 2. The van der Waals surface area contributed by atoms with E-state index in [9.17, 15) is 14.4 Å². The molecule has 2 N–H and O–H groups in total. The first-order valence-corrected chi connectivity index (χ1v) is 13.3. The molecule has 1 heterocycles. The third-order valence-corrected chi connectivity index (χ3v) is 7.46. The van der Waals surface area contributed by atoms with Crippen LogP contribution < -0.4 is 10.6 Å². The molecular weight excluding hydrogens is 522 g/mol. The van der Waals surface area contributed by atoms with E-state index in [1.54, 1.807) is 49.6 Å². The van der Waals surface area contributed by atoms with E-state index in [4.69, 9.17) is 16.3 Å². The molecule has 3 aromatic rings. The van der Waals surface area contributed by atoms with Crippen LogP contribution in [-0.2, 0) is 14.3 Å². The lowest BCUT2D eigenvalue weighted by atomic mass is 10.1. The van der Waals surface area contributed by atoms with Gasteiger partial charge in [0.2, 0.25) is 0 Å². The van der Waals surface area contributed by atoms with Crippen molar-refractivity contribution in [1.82, 2.24) is 4.90 Å². The summed E-state index contributed by atoms with van der Waals surface area (Å²) < 4.78 is 5.10. The number of hydrogen-bond donors (Lipinski definition) is 2. The molecule has 0 spiro atoms. The number of aryl methyl sites for hydroxylation is 2. The number of rotatable bonds is 10. The van der Waals surface area contributed by atoms with Crippen molar-refractivity contribution in [2.45, 2.75) is 25.2 Å². The van der Waals surface area contributed by atoms with Gasteiger partial charge in [-0.25, -0.2) is 0 Å². The maximum atomic E-state index is 13.4. The Morgan fingerprint density at radius 3 is 2.47 bits per heavy atom. The topological polar surface area (TPSA) is 87.7 Å². The predicted molar refractivity (Wildman–Crippen MR) is 151 cm³/mol. The van der Waals surface area contributed by atoms with Crippen molar-refractivity contribution in [1.29, 1.82) is 0 Å².